The molecule has 2 aromatic carbocycles. The minimum Gasteiger partial charge on any atom is -0.340 e. The molecule has 0 radical (unpaired) electrons. The maximum atomic E-state index is 12.1. The number of nitrogens with zero attached hydrogens (tertiary/aromatic N) is 3. The topological polar surface area (TPSA) is 70.2 Å². The van der Waals surface area contributed by atoms with Gasteiger partial charge in [-0.05, 0) is 36.1 Å². The van der Waals surface area contributed by atoms with Crippen molar-refractivity contribution in [2.75, 3.05) is 0 Å². The highest BCUT2D eigenvalue weighted by Gasteiger charge is 2.14. The fourth-order valence-electron chi connectivity index (χ4n) is 3.38. The number of nitriles is 1. The first-order chi connectivity index (χ1) is 14.2. The maximum absolute atomic E-state index is 12.1. The number of aromatic nitrogens is 1. The minimum absolute atomic E-state index is 0.222. The highest BCUT2D eigenvalue weighted by atomic mass is 32.1. The molecule has 0 fully saturated rings. The molecule has 1 amide bonds. The van der Waals surface area contributed by atoms with Gasteiger partial charge in [-0.2, -0.15) is 10.4 Å². The Kier molecular flexibility index (Phi) is 5.23. The first-order valence-corrected chi connectivity index (χ1v) is 9.99. The number of hydrogen-bond donors (Lipinski definition) is 1. The number of carbonyl (C=O) groups excluding carboxylic acids is 1. The van der Waals surface area contributed by atoms with Crippen LogP contribution in [0.15, 0.2) is 71.1 Å². The highest BCUT2D eigenvalue weighted by Crippen LogP contribution is 2.26. The van der Waals surface area contributed by atoms with Crippen molar-refractivity contribution in [1.29, 1.82) is 5.26 Å². The second-order valence-corrected chi connectivity index (χ2v) is 7.50. The molecule has 0 spiro atoms. The maximum Gasteiger partial charge on any atom is 0.281 e. The molecule has 0 aliphatic carbocycles. The minimum atomic E-state index is -0.222. The van der Waals surface area contributed by atoms with Gasteiger partial charge in [0.15, 0.2) is 0 Å². The Hall–Kier alpha value is -3.69. The molecule has 6 heteroatoms. The van der Waals surface area contributed by atoms with Crippen LogP contribution in [0.3, 0.4) is 0 Å². The van der Waals surface area contributed by atoms with E-state index in [2.05, 4.69) is 27.2 Å². The van der Waals surface area contributed by atoms with Gasteiger partial charge in [0.2, 0.25) is 0 Å². The first kappa shape index (κ1) is 18.7. The van der Waals surface area contributed by atoms with E-state index in [-0.39, 0.29) is 5.91 Å². The summed E-state index contributed by atoms with van der Waals surface area (Å²) in [5, 5.41) is 16.5. The SMILES string of the molecule is Cc1c(C=NNC(=O)c2cccs2)c2ccccc2n1Cc1ccccc1C#N. The van der Waals surface area contributed by atoms with Gasteiger partial charge in [0.1, 0.15) is 0 Å². The van der Waals surface area contributed by atoms with E-state index in [9.17, 15) is 10.1 Å². The molecule has 4 aromatic rings. The summed E-state index contributed by atoms with van der Waals surface area (Å²) in [7, 11) is 0. The average Bonchev–Trinajstić information content (AvgIpc) is 3.37. The molecule has 1 N–H and O–H groups in total. The van der Waals surface area contributed by atoms with Crippen molar-refractivity contribution in [2.24, 2.45) is 5.10 Å². The van der Waals surface area contributed by atoms with Crippen molar-refractivity contribution in [3.63, 3.8) is 0 Å². The number of thiophene rings is 1. The predicted molar refractivity (Wildman–Crippen MR) is 116 cm³/mol. The number of para-hydroxylation sites is 1. The van der Waals surface area contributed by atoms with E-state index in [4.69, 9.17) is 0 Å². The van der Waals surface area contributed by atoms with E-state index >= 15 is 0 Å². The van der Waals surface area contributed by atoms with Crippen molar-refractivity contribution in [3.05, 3.63) is 93.3 Å². The van der Waals surface area contributed by atoms with Crippen LogP contribution in [0.5, 0.6) is 0 Å². The van der Waals surface area contributed by atoms with Gasteiger partial charge in [-0.1, -0.05) is 42.5 Å². The molecule has 0 unspecified atom stereocenters. The number of amides is 1. The summed E-state index contributed by atoms with van der Waals surface area (Å²) in [4.78, 5) is 12.7. The summed E-state index contributed by atoms with van der Waals surface area (Å²) in [6.07, 6.45) is 1.69. The number of fused-ring (bicyclic) bond motifs is 1. The largest absolute Gasteiger partial charge is 0.340 e. The average molecular weight is 398 g/mol. The third kappa shape index (κ3) is 3.68. The molecule has 142 valence electrons. The lowest BCUT2D eigenvalue weighted by Gasteiger charge is -2.10. The van der Waals surface area contributed by atoms with Crippen molar-refractivity contribution < 1.29 is 4.79 Å². The summed E-state index contributed by atoms with van der Waals surface area (Å²) >= 11 is 1.38. The molecular weight excluding hydrogens is 380 g/mol. The van der Waals surface area contributed by atoms with Crippen LogP contribution in [0.2, 0.25) is 0 Å². The Bertz CT molecular complexity index is 1250. The van der Waals surface area contributed by atoms with Gasteiger partial charge >= 0.3 is 0 Å². The standard InChI is InChI=1S/C23H18N4OS/c1-16-20(14-25-26-23(28)22-11-6-12-29-22)19-9-4-5-10-21(19)27(16)15-18-8-3-2-7-17(18)13-24/h2-12,14H,15H2,1H3,(H,26,28). The fraction of sp³-hybridized carbons (Fsp3) is 0.0870. The van der Waals surface area contributed by atoms with Gasteiger partial charge < -0.3 is 4.57 Å². The number of carbonyl (C=O) groups is 1. The zero-order chi connectivity index (χ0) is 20.2. The lowest BCUT2D eigenvalue weighted by atomic mass is 10.1. The van der Waals surface area contributed by atoms with Gasteiger partial charge in [-0.15, -0.1) is 11.3 Å². The van der Waals surface area contributed by atoms with E-state index in [1.54, 1.807) is 12.3 Å². The van der Waals surface area contributed by atoms with Crippen LogP contribution < -0.4 is 5.43 Å². The van der Waals surface area contributed by atoms with Crippen molar-refractivity contribution in [1.82, 2.24) is 9.99 Å². The first-order valence-electron chi connectivity index (χ1n) is 9.12. The van der Waals surface area contributed by atoms with Crippen LogP contribution in [0.1, 0.15) is 32.1 Å². The normalized spacial score (nSPS) is 11.0. The highest BCUT2D eigenvalue weighted by molar-refractivity contribution is 7.12. The second-order valence-electron chi connectivity index (χ2n) is 6.55. The number of benzene rings is 2. The van der Waals surface area contributed by atoms with Crippen LogP contribution in [0.25, 0.3) is 10.9 Å². The molecule has 0 saturated heterocycles. The Morgan fingerprint density at radius 2 is 1.97 bits per heavy atom. The summed E-state index contributed by atoms with van der Waals surface area (Å²) in [5.74, 6) is -0.222. The van der Waals surface area contributed by atoms with Crippen LogP contribution in [0, 0.1) is 18.3 Å². The Morgan fingerprint density at radius 3 is 2.76 bits per heavy atom. The molecule has 0 atom stereocenters. The van der Waals surface area contributed by atoms with Gasteiger partial charge in [-0.3, -0.25) is 4.79 Å². The monoisotopic (exact) mass is 398 g/mol. The third-order valence-corrected chi connectivity index (χ3v) is 5.72. The quantitative estimate of drug-likeness (QED) is 0.391. The second kappa shape index (κ2) is 8.13. The molecular formula is C23H18N4OS. The lowest BCUT2D eigenvalue weighted by molar-refractivity contribution is 0.0959. The molecule has 0 aliphatic heterocycles. The third-order valence-electron chi connectivity index (χ3n) is 4.85. The number of nitrogens with one attached hydrogen (secondary N) is 1. The Morgan fingerprint density at radius 1 is 1.17 bits per heavy atom. The van der Waals surface area contributed by atoms with Gasteiger partial charge in [-0.25, -0.2) is 5.43 Å². The van der Waals surface area contributed by atoms with E-state index in [1.165, 1.54) is 11.3 Å². The summed E-state index contributed by atoms with van der Waals surface area (Å²) in [6.45, 7) is 2.61. The van der Waals surface area contributed by atoms with E-state index in [1.807, 2.05) is 60.8 Å². The molecule has 5 nitrogen and oxygen atoms in total. The Balaban J connectivity index is 1.69. The van der Waals surface area contributed by atoms with Crippen molar-refractivity contribution in [3.8, 4) is 6.07 Å². The van der Waals surface area contributed by atoms with Crippen LogP contribution in [0.4, 0.5) is 0 Å². The summed E-state index contributed by atoms with van der Waals surface area (Å²) in [6, 6.07) is 21.6. The van der Waals surface area contributed by atoms with Gasteiger partial charge in [0.05, 0.1) is 22.7 Å². The summed E-state index contributed by atoms with van der Waals surface area (Å²) < 4.78 is 2.17. The van der Waals surface area contributed by atoms with Crippen LogP contribution >= 0.6 is 11.3 Å². The predicted octanol–water partition coefficient (Wildman–Crippen LogP) is 4.70. The van der Waals surface area contributed by atoms with Gasteiger partial charge in [0.25, 0.3) is 5.91 Å². The number of hydrogen-bond acceptors (Lipinski definition) is 4. The fourth-order valence-corrected chi connectivity index (χ4v) is 3.99. The molecule has 4 rings (SSSR count). The lowest BCUT2D eigenvalue weighted by Crippen LogP contribution is -2.16. The molecule has 29 heavy (non-hydrogen) atoms. The molecule has 0 bridgehead atoms. The molecule has 0 saturated carbocycles. The zero-order valence-electron chi connectivity index (χ0n) is 15.8. The van der Waals surface area contributed by atoms with Crippen molar-refractivity contribution in [2.45, 2.75) is 13.5 Å². The van der Waals surface area contributed by atoms with E-state index in [0.717, 1.165) is 27.7 Å². The van der Waals surface area contributed by atoms with Crippen molar-refractivity contribution >= 4 is 34.4 Å². The Labute approximate surface area is 172 Å². The zero-order valence-corrected chi connectivity index (χ0v) is 16.6. The summed E-state index contributed by atoms with van der Waals surface area (Å²) in [5.41, 5.74) is 7.25. The number of rotatable bonds is 5. The smallest absolute Gasteiger partial charge is 0.281 e. The molecule has 0 aliphatic rings. The van der Waals surface area contributed by atoms with Crippen LogP contribution in [-0.4, -0.2) is 16.7 Å². The van der Waals surface area contributed by atoms with E-state index < -0.39 is 0 Å². The molecule has 2 heterocycles. The van der Waals surface area contributed by atoms with E-state index in [0.29, 0.717) is 17.0 Å². The number of hydrazone groups is 1. The molecule has 2 aromatic heterocycles. The van der Waals surface area contributed by atoms with Gasteiger partial charge in [0, 0.05) is 28.7 Å². The van der Waals surface area contributed by atoms with Crippen LogP contribution in [-0.2, 0) is 6.54 Å².